The second-order valence-electron chi connectivity index (χ2n) is 4.45. The van der Waals surface area contributed by atoms with Gasteiger partial charge in [0.25, 0.3) is 5.91 Å². The molecule has 1 heterocycles. The quantitative estimate of drug-likeness (QED) is 0.812. The third-order valence-corrected chi connectivity index (χ3v) is 3.98. The van der Waals surface area contributed by atoms with Crippen molar-refractivity contribution in [2.75, 3.05) is 19.8 Å². The number of aliphatic hydroxyl groups is 1. The van der Waals surface area contributed by atoms with Crippen LogP contribution in [0.3, 0.4) is 0 Å². The van der Waals surface area contributed by atoms with E-state index in [1.54, 1.807) is 0 Å². The van der Waals surface area contributed by atoms with Crippen LogP contribution in [0.1, 0.15) is 22.0 Å². The highest BCUT2D eigenvalue weighted by Gasteiger charge is 2.18. The monoisotopic (exact) mass is 343 g/mol. The summed E-state index contributed by atoms with van der Waals surface area (Å²) >= 11 is 7.36. The fraction of sp³-hybridized carbons (Fsp3) is 0.267. The van der Waals surface area contributed by atoms with E-state index < -0.39 is 17.8 Å². The van der Waals surface area contributed by atoms with Gasteiger partial charge in [-0.1, -0.05) is 17.7 Å². The van der Waals surface area contributed by atoms with Crippen LogP contribution in [-0.2, 0) is 4.74 Å². The summed E-state index contributed by atoms with van der Waals surface area (Å²) in [6.07, 6.45) is -0.409. The molecule has 1 aromatic carbocycles. The van der Waals surface area contributed by atoms with Gasteiger partial charge in [0, 0.05) is 6.54 Å². The van der Waals surface area contributed by atoms with Gasteiger partial charge in [0.05, 0.1) is 23.8 Å². The lowest BCUT2D eigenvalue weighted by Crippen LogP contribution is -2.30. The molecular weight excluding hydrogens is 329 g/mol. The van der Waals surface area contributed by atoms with Crippen molar-refractivity contribution in [3.63, 3.8) is 0 Å². The van der Waals surface area contributed by atoms with Crippen LogP contribution in [0.5, 0.6) is 0 Å². The Bertz CT molecular complexity index is 601. The highest BCUT2D eigenvalue weighted by molar-refractivity contribution is 7.07. The number of thiophene rings is 1. The first-order valence-corrected chi connectivity index (χ1v) is 7.92. The normalized spacial score (nSPS) is 12.1. The van der Waals surface area contributed by atoms with E-state index in [2.05, 4.69) is 5.32 Å². The number of hydrogen-bond acceptors (Lipinski definition) is 4. The van der Waals surface area contributed by atoms with Crippen LogP contribution in [0.4, 0.5) is 4.39 Å². The Kier molecular flexibility index (Phi) is 6.33. The molecule has 0 aliphatic rings. The minimum Gasteiger partial charge on any atom is -0.394 e. The maximum absolute atomic E-state index is 13.7. The maximum Gasteiger partial charge on any atom is 0.255 e. The minimum absolute atomic E-state index is 0.0564. The van der Waals surface area contributed by atoms with Gasteiger partial charge in [-0.2, -0.15) is 11.3 Å². The minimum atomic E-state index is -0.673. The molecule has 0 bridgehead atoms. The maximum atomic E-state index is 13.7. The second-order valence-corrected chi connectivity index (χ2v) is 5.63. The molecule has 118 valence electrons. The van der Waals surface area contributed by atoms with Crippen LogP contribution in [-0.4, -0.2) is 30.8 Å². The van der Waals surface area contributed by atoms with Crippen molar-refractivity contribution in [3.05, 3.63) is 57.0 Å². The van der Waals surface area contributed by atoms with Gasteiger partial charge >= 0.3 is 0 Å². The second kappa shape index (κ2) is 8.24. The van der Waals surface area contributed by atoms with Crippen LogP contribution < -0.4 is 5.32 Å². The summed E-state index contributed by atoms with van der Waals surface area (Å²) in [7, 11) is 0. The van der Waals surface area contributed by atoms with Crippen LogP contribution in [0.2, 0.25) is 5.02 Å². The number of amides is 1. The zero-order valence-corrected chi connectivity index (χ0v) is 13.2. The van der Waals surface area contributed by atoms with E-state index in [9.17, 15) is 9.18 Å². The number of ether oxygens (including phenoxy) is 1. The number of carbonyl (C=O) groups is 1. The Morgan fingerprint density at radius 3 is 2.91 bits per heavy atom. The van der Waals surface area contributed by atoms with Gasteiger partial charge in [-0.3, -0.25) is 4.79 Å². The summed E-state index contributed by atoms with van der Waals surface area (Å²) in [5, 5.41) is 15.3. The van der Waals surface area contributed by atoms with Crippen molar-refractivity contribution in [1.82, 2.24) is 5.32 Å². The summed E-state index contributed by atoms with van der Waals surface area (Å²) in [5.41, 5.74) is 0.703. The molecule has 2 N–H and O–H groups in total. The molecule has 2 aromatic rings. The lowest BCUT2D eigenvalue weighted by atomic mass is 10.1. The Morgan fingerprint density at radius 2 is 2.27 bits per heavy atom. The number of hydrogen-bond donors (Lipinski definition) is 2. The molecule has 4 nitrogen and oxygen atoms in total. The smallest absolute Gasteiger partial charge is 0.255 e. The Balaban J connectivity index is 2.04. The third kappa shape index (κ3) is 4.27. The number of carbonyl (C=O) groups excluding carboxylic acids is 1. The summed E-state index contributed by atoms with van der Waals surface area (Å²) in [4.78, 5) is 12.1. The number of aliphatic hydroxyl groups excluding tert-OH is 1. The molecule has 0 aliphatic carbocycles. The van der Waals surface area contributed by atoms with Crippen LogP contribution in [0.25, 0.3) is 0 Å². The number of benzene rings is 1. The first-order valence-electron chi connectivity index (χ1n) is 6.60. The zero-order valence-electron chi connectivity index (χ0n) is 11.6. The number of nitrogens with one attached hydrogen (secondary N) is 1. The molecule has 0 spiro atoms. The molecule has 0 saturated heterocycles. The SMILES string of the molecule is O=C(NC[C@@H](OCCO)c1ccsc1)c1c(F)cccc1Cl. The van der Waals surface area contributed by atoms with E-state index in [1.807, 2.05) is 16.8 Å². The Morgan fingerprint density at radius 1 is 1.45 bits per heavy atom. The van der Waals surface area contributed by atoms with Crippen LogP contribution in [0.15, 0.2) is 35.0 Å². The molecule has 0 aliphatic heterocycles. The standard InChI is InChI=1S/C15H15ClFNO3S/c16-11-2-1-3-12(17)14(11)15(20)18-8-13(21-6-5-19)10-4-7-22-9-10/h1-4,7,9,13,19H,5-6,8H2,(H,18,20)/t13-/m1/s1. The highest BCUT2D eigenvalue weighted by Crippen LogP contribution is 2.21. The summed E-state index contributed by atoms with van der Waals surface area (Å²) in [5.74, 6) is -1.27. The Labute approximate surface area is 136 Å². The average molecular weight is 344 g/mol. The molecule has 1 atom stereocenters. The summed E-state index contributed by atoms with van der Waals surface area (Å²) in [6.45, 7) is 0.185. The fourth-order valence-electron chi connectivity index (χ4n) is 1.91. The van der Waals surface area contributed by atoms with Gasteiger partial charge in [-0.15, -0.1) is 0 Å². The van der Waals surface area contributed by atoms with Crippen LogP contribution in [0, 0.1) is 5.82 Å². The summed E-state index contributed by atoms with van der Waals surface area (Å²) < 4.78 is 19.2. The molecule has 1 aromatic heterocycles. The Hall–Kier alpha value is -1.47. The molecule has 2 rings (SSSR count). The largest absolute Gasteiger partial charge is 0.394 e. The lowest BCUT2D eigenvalue weighted by Gasteiger charge is -2.17. The van der Waals surface area contributed by atoms with Crippen molar-refractivity contribution in [2.24, 2.45) is 0 Å². The van der Waals surface area contributed by atoms with Gasteiger partial charge in [0.1, 0.15) is 11.9 Å². The molecule has 0 unspecified atom stereocenters. The number of rotatable bonds is 7. The van der Waals surface area contributed by atoms with Crippen molar-refractivity contribution < 1.29 is 19.0 Å². The van der Waals surface area contributed by atoms with Gasteiger partial charge < -0.3 is 15.2 Å². The van der Waals surface area contributed by atoms with E-state index >= 15 is 0 Å². The van der Waals surface area contributed by atoms with Gasteiger partial charge in [-0.05, 0) is 34.5 Å². The topological polar surface area (TPSA) is 58.6 Å². The van der Waals surface area contributed by atoms with Gasteiger partial charge in [0.15, 0.2) is 0 Å². The molecule has 0 radical (unpaired) electrons. The van der Waals surface area contributed by atoms with E-state index in [0.717, 1.165) is 5.56 Å². The van der Waals surface area contributed by atoms with Gasteiger partial charge in [-0.25, -0.2) is 4.39 Å². The predicted octanol–water partition coefficient (Wildman–Crippen LogP) is 3.02. The summed E-state index contributed by atoms with van der Waals surface area (Å²) in [6, 6.07) is 5.94. The van der Waals surface area contributed by atoms with Crippen molar-refractivity contribution in [1.29, 1.82) is 0 Å². The average Bonchev–Trinajstić information content (AvgIpc) is 3.01. The fourth-order valence-corrected chi connectivity index (χ4v) is 2.87. The molecule has 1 amide bonds. The molecule has 0 fully saturated rings. The first-order chi connectivity index (χ1) is 10.6. The van der Waals surface area contributed by atoms with Crippen molar-refractivity contribution >= 4 is 28.8 Å². The van der Waals surface area contributed by atoms with E-state index in [1.165, 1.54) is 29.5 Å². The highest BCUT2D eigenvalue weighted by atomic mass is 35.5. The van der Waals surface area contributed by atoms with E-state index in [0.29, 0.717) is 0 Å². The molecular formula is C15H15ClFNO3S. The first kappa shape index (κ1) is 16.9. The van der Waals surface area contributed by atoms with Gasteiger partial charge in [0.2, 0.25) is 0 Å². The van der Waals surface area contributed by atoms with Crippen LogP contribution >= 0.6 is 22.9 Å². The predicted molar refractivity (Wildman–Crippen MR) is 83.8 cm³/mol. The van der Waals surface area contributed by atoms with E-state index in [4.69, 9.17) is 21.4 Å². The number of halogens is 2. The zero-order chi connectivity index (χ0) is 15.9. The molecule has 0 saturated carbocycles. The lowest BCUT2D eigenvalue weighted by molar-refractivity contribution is 0.0279. The molecule has 22 heavy (non-hydrogen) atoms. The van der Waals surface area contributed by atoms with E-state index in [-0.39, 0.29) is 30.3 Å². The third-order valence-electron chi connectivity index (χ3n) is 2.96. The molecule has 7 heteroatoms. The van der Waals surface area contributed by atoms with Crippen molar-refractivity contribution in [3.8, 4) is 0 Å². The van der Waals surface area contributed by atoms with Crippen molar-refractivity contribution in [2.45, 2.75) is 6.10 Å².